The maximum atomic E-state index is 11.2. The first-order valence-electron chi connectivity index (χ1n) is 4.42. The van der Waals surface area contributed by atoms with Crippen LogP contribution in [0.2, 0.25) is 0 Å². The monoisotopic (exact) mass is 234 g/mol. The first-order chi connectivity index (χ1) is 7.07. The van der Waals surface area contributed by atoms with E-state index in [2.05, 4.69) is 4.74 Å². The van der Waals surface area contributed by atoms with Crippen molar-refractivity contribution in [1.29, 1.82) is 0 Å². The molecule has 0 bridgehead atoms. The number of carbonyl (C=O) groups is 3. The predicted molar refractivity (Wildman–Crippen MR) is 50.2 cm³/mol. The van der Waals surface area contributed by atoms with E-state index in [9.17, 15) is 14.4 Å². The molecule has 16 heavy (non-hydrogen) atoms. The Morgan fingerprint density at radius 3 is 1.81 bits per heavy atom. The Balaban J connectivity index is 4.49. The van der Waals surface area contributed by atoms with E-state index in [0.717, 1.165) is 0 Å². The highest BCUT2D eigenvalue weighted by Crippen LogP contribution is 2.15. The lowest BCUT2D eigenvalue weighted by molar-refractivity contribution is -0.179. The van der Waals surface area contributed by atoms with E-state index in [1.54, 1.807) is 0 Å². The molecule has 0 aliphatic carbocycles. The zero-order valence-electron chi connectivity index (χ0n) is 9.13. The Hall–Kier alpha value is -1.47. The van der Waals surface area contributed by atoms with Crippen molar-refractivity contribution in [2.45, 2.75) is 33.0 Å². The van der Waals surface area contributed by atoms with Crippen LogP contribution in [0, 0.1) is 5.41 Å². The molecule has 2 atom stereocenters. The summed E-state index contributed by atoms with van der Waals surface area (Å²) in [5.41, 5.74) is -0.969. The number of aliphatic carboxylic acids is 1. The lowest BCUT2D eigenvalue weighted by Crippen LogP contribution is -2.42. The van der Waals surface area contributed by atoms with Gasteiger partial charge in [-0.05, 0) is 20.8 Å². The summed E-state index contributed by atoms with van der Waals surface area (Å²) in [6.07, 6.45) is -4.61. The average molecular weight is 234 g/mol. The van der Waals surface area contributed by atoms with Crippen LogP contribution in [0.5, 0.6) is 0 Å². The van der Waals surface area contributed by atoms with Crippen LogP contribution in [0.25, 0.3) is 0 Å². The molecule has 0 aliphatic rings. The molecule has 0 aromatic carbocycles. The number of hydrogen-bond donors (Lipinski definition) is 3. The summed E-state index contributed by atoms with van der Waals surface area (Å²) in [4.78, 5) is 32.4. The number of ether oxygens (including phenoxy) is 1. The fourth-order valence-electron chi connectivity index (χ4n) is 0.569. The van der Waals surface area contributed by atoms with Crippen molar-refractivity contribution in [1.82, 2.24) is 0 Å². The van der Waals surface area contributed by atoms with Crippen molar-refractivity contribution in [3.63, 3.8) is 0 Å². The third-order valence-corrected chi connectivity index (χ3v) is 1.60. The highest BCUT2D eigenvalue weighted by Gasteiger charge is 2.35. The molecule has 0 aromatic rings. The second-order valence-electron chi connectivity index (χ2n) is 4.19. The molecule has 0 amide bonds. The predicted octanol–water partition coefficient (Wildman–Crippen LogP) is -1.09. The first kappa shape index (κ1) is 14.5. The third-order valence-electron chi connectivity index (χ3n) is 1.60. The topological polar surface area (TPSA) is 121 Å². The summed E-state index contributed by atoms with van der Waals surface area (Å²) in [5.74, 6) is -4.20. The van der Waals surface area contributed by atoms with Crippen molar-refractivity contribution in [3.8, 4) is 0 Å². The molecular formula is C9H14O7. The van der Waals surface area contributed by atoms with Gasteiger partial charge < -0.3 is 20.1 Å². The Kier molecular flexibility index (Phi) is 4.58. The van der Waals surface area contributed by atoms with Gasteiger partial charge in [-0.25, -0.2) is 9.59 Å². The van der Waals surface area contributed by atoms with Gasteiger partial charge in [-0.1, -0.05) is 0 Å². The summed E-state index contributed by atoms with van der Waals surface area (Å²) in [7, 11) is 0. The fourth-order valence-corrected chi connectivity index (χ4v) is 0.569. The number of esters is 2. The number of carbonyl (C=O) groups excluding carboxylic acids is 2. The molecule has 7 nitrogen and oxygen atoms in total. The van der Waals surface area contributed by atoms with Crippen LogP contribution in [0.15, 0.2) is 0 Å². The van der Waals surface area contributed by atoms with Crippen LogP contribution in [0.4, 0.5) is 0 Å². The minimum absolute atomic E-state index is 0.922. The maximum Gasteiger partial charge on any atom is 0.346 e. The number of carboxylic acid groups (broad SMARTS) is 1. The zero-order valence-corrected chi connectivity index (χ0v) is 9.13. The van der Waals surface area contributed by atoms with E-state index in [1.807, 2.05) is 0 Å². The Morgan fingerprint density at radius 1 is 1.06 bits per heavy atom. The lowest BCUT2D eigenvalue weighted by atomic mass is 9.97. The van der Waals surface area contributed by atoms with Crippen LogP contribution in [-0.2, 0) is 19.1 Å². The molecule has 0 saturated carbocycles. The van der Waals surface area contributed by atoms with Crippen LogP contribution in [0.1, 0.15) is 20.8 Å². The van der Waals surface area contributed by atoms with Gasteiger partial charge in [0.1, 0.15) is 0 Å². The molecule has 92 valence electrons. The second kappa shape index (κ2) is 5.04. The Labute approximate surface area is 91.6 Å². The minimum atomic E-state index is -2.32. The number of rotatable bonds is 3. The number of aliphatic hydroxyl groups is 2. The van der Waals surface area contributed by atoms with E-state index >= 15 is 0 Å². The van der Waals surface area contributed by atoms with Crippen LogP contribution in [-0.4, -0.2) is 45.4 Å². The standard InChI is InChI=1S/C9H14O7/c1-9(2,3)8(15)16-7(14)5(11)4(10)6(12)13/h4-5,10-11H,1-3H3,(H,12,13)/t4-,5-/m0/s1. The summed E-state index contributed by atoms with van der Waals surface area (Å²) in [6, 6.07) is 0. The SMILES string of the molecule is CC(C)(C)C(=O)OC(=O)[C@@H](O)[C@H](O)C(=O)O. The summed E-state index contributed by atoms with van der Waals surface area (Å²) in [6.45, 7) is 4.42. The van der Waals surface area contributed by atoms with Gasteiger partial charge in [0.2, 0.25) is 0 Å². The zero-order chi connectivity index (χ0) is 13.1. The molecule has 0 saturated heterocycles. The van der Waals surface area contributed by atoms with Gasteiger partial charge in [-0.2, -0.15) is 0 Å². The quantitative estimate of drug-likeness (QED) is 0.419. The molecular weight excluding hydrogens is 220 g/mol. The lowest BCUT2D eigenvalue weighted by Gasteiger charge is -2.17. The summed E-state index contributed by atoms with van der Waals surface area (Å²) < 4.78 is 4.20. The van der Waals surface area contributed by atoms with Crippen LogP contribution >= 0.6 is 0 Å². The highest BCUT2D eigenvalue weighted by molar-refractivity contribution is 5.92. The van der Waals surface area contributed by atoms with Gasteiger partial charge in [-0.15, -0.1) is 0 Å². The van der Waals surface area contributed by atoms with Gasteiger partial charge in [-0.3, -0.25) is 4.79 Å². The fraction of sp³-hybridized carbons (Fsp3) is 0.667. The van der Waals surface area contributed by atoms with E-state index in [1.165, 1.54) is 20.8 Å². The van der Waals surface area contributed by atoms with Crippen molar-refractivity contribution >= 4 is 17.9 Å². The average Bonchev–Trinajstić information content (AvgIpc) is 2.13. The highest BCUT2D eigenvalue weighted by atomic mass is 16.6. The Morgan fingerprint density at radius 2 is 1.50 bits per heavy atom. The van der Waals surface area contributed by atoms with Gasteiger partial charge in [0.25, 0.3) is 0 Å². The molecule has 0 aromatic heterocycles. The molecule has 0 radical (unpaired) electrons. The molecule has 3 N–H and O–H groups in total. The molecule has 7 heteroatoms. The minimum Gasteiger partial charge on any atom is -0.479 e. The van der Waals surface area contributed by atoms with Crippen molar-refractivity contribution in [3.05, 3.63) is 0 Å². The second-order valence-corrected chi connectivity index (χ2v) is 4.19. The third kappa shape index (κ3) is 3.95. The summed E-state index contributed by atoms with van der Waals surface area (Å²) in [5, 5.41) is 26.1. The van der Waals surface area contributed by atoms with E-state index in [4.69, 9.17) is 15.3 Å². The van der Waals surface area contributed by atoms with E-state index in [0.29, 0.717) is 0 Å². The van der Waals surface area contributed by atoms with Crippen LogP contribution in [0.3, 0.4) is 0 Å². The normalized spacial score (nSPS) is 15.1. The van der Waals surface area contributed by atoms with Crippen molar-refractivity contribution < 1.29 is 34.4 Å². The van der Waals surface area contributed by atoms with Crippen molar-refractivity contribution in [2.75, 3.05) is 0 Å². The van der Waals surface area contributed by atoms with Gasteiger partial charge >= 0.3 is 17.9 Å². The molecule has 0 spiro atoms. The summed E-state index contributed by atoms with van der Waals surface area (Å²) >= 11 is 0. The van der Waals surface area contributed by atoms with E-state index in [-0.39, 0.29) is 0 Å². The Bertz CT molecular complexity index is 301. The molecule has 0 rings (SSSR count). The number of hydrogen-bond acceptors (Lipinski definition) is 6. The largest absolute Gasteiger partial charge is 0.479 e. The maximum absolute atomic E-state index is 11.2. The van der Waals surface area contributed by atoms with Crippen LogP contribution < -0.4 is 0 Å². The molecule has 0 fully saturated rings. The molecule has 0 unspecified atom stereocenters. The van der Waals surface area contributed by atoms with Crippen molar-refractivity contribution in [2.24, 2.45) is 5.41 Å². The number of carboxylic acids is 1. The molecule has 0 heterocycles. The smallest absolute Gasteiger partial charge is 0.346 e. The van der Waals surface area contributed by atoms with Gasteiger partial charge in [0.05, 0.1) is 5.41 Å². The number of aliphatic hydroxyl groups excluding tert-OH is 2. The van der Waals surface area contributed by atoms with Gasteiger partial charge in [0, 0.05) is 0 Å². The van der Waals surface area contributed by atoms with E-state index < -0.39 is 35.5 Å². The molecule has 0 aliphatic heterocycles. The van der Waals surface area contributed by atoms with Gasteiger partial charge in [0.15, 0.2) is 12.2 Å². The first-order valence-corrected chi connectivity index (χ1v) is 4.42.